The van der Waals surface area contributed by atoms with Gasteiger partial charge in [-0.1, -0.05) is 6.92 Å². The molecule has 1 fully saturated rings. The Morgan fingerprint density at radius 1 is 1.53 bits per heavy atom. The molecule has 0 bridgehead atoms. The van der Waals surface area contributed by atoms with Crippen molar-refractivity contribution >= 4 is 17.2 Å². The van der Waals surface area contributed by atoms with Crippen LogP contribution in [0.3, 0.4) is 0 Å². The number of nitrogens with zero attached hydrogens (tertiary/aromatic N) is 2. The zero-order valence-corrected chi connectivity index (χ0v) is 10.9. The molecule has 1 aromatic carbocycles. The molecule has 0 aromatic heterocycles. The molecule has 0 spiro atoms. The Hall–Kier alpha value is -1.95. The molecule has 0 atom stereocenters. The number of nitro benzene ring substituents is 1. The first-order valence-electron chi connectivity index (χ1n) is 6.13. The molecule has 6 nitrogen and oxygen atoms in total. The van der Waals surface area contributed by atoms with Crippen molar-refractivity contribution in [1.82, 2.24) is 0 Å². The SMILES string of the molecule is CCC1(O)CN(c2ccc(C(C)=O)cc2[N+](=O)[O-])C1. The molecule has 1 saturated heterocycles. The van der Waals surface area contributed by atoms with Crippen LogP contribution in [0.4, 0.5) is 11.4 Å². The summed E-state index contributed by atoms with van der Waals surface area (Å²) in [6.07, 6.45) is 0.614. The molecule has 0 amide bonds. The fourth-order valence-corrected chi connectivity index (χ4v) is 2.21. The molecule has 6 heteroatoms. The average Bonchev–Trinajstić information content (AvgIpc) is 2.34. The highest BCUT2D eigenvalue weighted by atomic mass is 16.6. The predicted molar refractivity (Wildman–Crippen MR) is 70.6 cm³/mol. The van der Waals surface area contributed by atoms with Gasteiger partial charge in [0.2, 0.25) is 0 Å². The zero-order valence-electron chi connectivity index (χ0n) is 10.9. The van der Waals surface area contributed by atoms with Crippen LogP contribution in [0, 0.1) is 10.1 Å². The molecule has 1 aliphatic rings. The number of ketones is 1. The van der Waals surface area contributed by atoms with E-state index in [1.807, 2.05) is 6.92 Å². The Bertz CT molecular complexity index is 535. The summed E-state index contributed by atoms with van der Waals surface area (Å²) in [6.45, 7) is 4.01. The molecule has 1 aliphatic heterocycles. The molecule has 2 rings (SSSR count). The van der Waals surface area contributed by atoms with Crippen LogP contribution < -0.4 is 4.90 Å². The van der Waals surface area contributed by atoms with Crippen LogP contribution in [0.5, 0.6) is 0 Å². The molecule has 0 unspecified atom stereocenters. The number of β-amino-alcohol motifs (C(OH)–C–C–N with tert-alkyl or cyclic N) is 1. The number of Topliss-reactive ketones (excluding diaryl/α,β-unsaturated/α-hetero) is 1. The van der Waals surface area contributed by atoms with Crippen LogP contribution in [0.2, 0.25) is 0 Å². The van der Waals surface area contributed by atoms with E-state index in [0.29, 0.717) is 30.8 Å². The molecule has 0 saturated carbocycles. The van der Waals surface area contributed by atoms with Gasteiger partial charge in [-0.15, -0.1) is 0 Å². The highest BCUT2D eigenvalue weighted by Crippen LogP contribution is 2.36. The van der Waals surface area contributed by atoms with Crippen LogP contribution in [-0.4, -0.2) is 34.5 Å². The van der Waals surface area contributed by atoms with E-state index in [-0.39, 0.29) is 11.5 Å². The molecule has 19 heavy (non-hydrogen) atoms. The Kier molecular flexibility index (Phi) is 3.28. The number of benzene rings is 1. The van der Waals surface area contributed by atoms with Crippen molar-refractivity contribution in [1.29, 1.82) is 0 Å². The van der Waals surface area contributed by atoms with E-state index >= 15 is 0 Å². The maximum Gasteiger partial charge on any atom is 0.293 e. The number of carbonyl (C=O) groups is 1. The molecular formula is C13H16N2O4. The molecule has 1 N–H and O–H groups in total. The lowest BCUT2D eigenvalue weighted by atomic mass is 9.90. The third kappa shape index (κ3) is 2.44. The van der Waals surface area contributed by atoms with Gasteiger partial charge in [0.05, 0.1) is 10.5 Å². The van der Waals surface area contributed by atoms with Gasteiger partial charge < -0.3 is 10.0 Å². The summed E-state index contributed by atoms with van der Waals surface area (Å²) < 4.78 is 0. The van der Waals surface area contributed by atoms with E-state index in [1.165, 1.54) is 13.0 Å². The monoisotopic (exact) mass is 264 g/mol. The second-order valence-electron chi connectivity index (χ2n) is 4.95. The number of hydrogen-bond acceptors (Lipinski definition) is 5. The first-order chi connectivity index (χ1) is 8.86. The Labute approximate surface area is 110 Å². The molecule has 1 heterocycles. The second kappa shape index (κ2) is 4.62. The summed E-state index contributed by atoms with van der Waals surface area (Å²) in [6, 6.07) is 4.44. The molecule has 102 valence electrons. The van der Waals surface area contributed by atoms with E-state index in [9.17, 15) is 20.0 Å². The van der Waals surface area contributed by atoms with E-state index in [0.717, 1.165) is 0 Å². The van der Waals surface area contributed by atoms with Crippen molar-refractivity contribution in [2.24, 2.45) is 0 Å². The summed E-state index contributed by atoms with van der Waals surface area (Å²) >= 11 is 0. The zero-order chi connectivity index (χ0) is 14.2. The molecule has 0 radical (unpaired) electrons. The molecular weight excluding hydrogens is 248 g/mol. The van der Waals surface area contributed by atoms with Gasteiger partial charge in [-0.2, -0.15) is 0 Å². The van der Waals surface area contributed by atoms with Gasteiger partial charge >= 0.3 is 0 Å². The maximum atomic E-state index is 11.3. The van der Waals surface area contributed by atoms with Crippen LogP contribution >= 0.6 is 0 Å². The van der Waals surface area contributed by atoms with Crippen molar-refractivity contribution < 1.29 is 14.8 Å². The minimum absolute atomic E-state index is 0.0918. The van der Waals surface area contributed by atoms with Crippen LogP contribution in [0.25, 0.3) is 0 Å². The number of rotatable bonds is 4. The Morgan fingerprint density at radius 2 is 2.16 bits per heavy atom. The van der Waals surface area contributed by atoms with Crippen molar-refractivity contribution in [2.75, 3.05) is 18.0 Å². The van der Waals surface area contributed by atoms with Gasteiger partial charge in [0.15, 0.2) is 5.78 Å². The van der Waals surface area contributed by atoms with Crippen LogP contribution in [-0.2, 0) is 0 Å². The topological polar surface area (TPSA) is 83.7 Å². The first kappa shape index (κ1) is 13.5. The number of carbonyl (C=O) groups excluding carboxylic acids is 1. The summed E-state index contributed by atoms with van der Waals surface area (Å²) in [7, 11) is 0. The van der Waals surface area contributed by atoms with E-state index in [1.54, 1.807) is 17.0 Å². The molecule has 0 aliphatic carbocycles. The minimum Gasteiger partial charge on any atom is -0.386 e. The smallest absolute Gasteiger partial charge is 0.293 e. The lowest BCUT2D eigenvalue weighted by Crippen LogP contribution is -2.61. The Balaban J connectivity index is 2.32. The van der Waals surface area contributed by atoms with Gasteiger partial charge in [-0.25, -0.2) is 0 Å². The van der Waals surface area contributed by atoms with Gasteiger partial charge in [0, 0.05) is 24.7 Å². The van der Waals surface area contributed by atoms with Gasteiger partial charge in [-0.05, 0) is 25.5 Å². The highest BCUT2D eigenvalue weighted by Gasteiger charge is 2.41. The summed E-state index contributed by atoms with van der Waals surface area (Å²) in [5, 5.41) is 21.0. The fraction of sp³-hybridized carbons (Fsp3) is 0.462. The largest absolute Gasteiger partial charge is 0.386 e. The van der Waals surface area contributed by atoms with Crippen LogP contribution in [0.1, 0.15) is 30.6 Å². The first-order valence-corrected chi connectivity index (χ1v) is 6.13. The van der Waals surface area contributed by atoms with Crippen molar-refractivity contribution in [3.05, 3.63) is 33.9 Å². The number of aliphatic hydroxyl groups is 1. The average molecular weight is 264 g/mol. The standard InChI is InChI=1S/C13H16N2O4/c1-3-13(17)7-14(8-13)11-5-4-10(9(2)16)6-12(11)15(18)19/h4-6,17H,3,7-8H2,1-2H3. The quantitative estimate of drug-likeness (QED) is 0.509. The number of nitro groups is 1. The lowest BCUT2D eigenvalue weighted by Gasteiger charge is -2.47. The van der Waals surface area contributed by atoms with Crippen molar-refractivity contribution in [3.63, 3.8) is 0 Å². The normalized spacial score (nSPS) is 16.9. The van der Waals surface area contributed by atoms with E-state index < -0.39 is 10.5 Å². The van der Waals surface area contributed by atoms with Crippen molar-refractivity contribution in [2.45, 2.75) is 25.9 Å². The van der Waals surface area contributed by atoms with Gasteiger partial charge in [0.1, 0.15) is 5.69 Å². The third-order valence-electron chi connectivity index (χ3n) is 3.55. The van der Waals surface area contributed by atoms with Crippen LogP contribution in [0.15, 0.2) is 18.2 Å². The number of anilines is 1. The summed E-state index contributed by atoms with van der Waals surface area (Å²) in [5.41, 5.74) is -0.0756. The third-order valence-corrected chi connectivity index (χ3v) is 3.55. The lowest BCUT2D eigenvalue weighted by molar-refractivity contribution is -0.384. The van der Waals surface area contributed by atoms with Gasteiger partial charge in [-0.3, -0.25) is 14.9 Å². The predicted octanol–water partition coefficient (Wildman–Crippen LogP) is 1.76. The van der Waals surface area contributed by atoms with E-state index in [2.05, 4.69) is 0 Å². The Morgan fingerprint density at radius 3 is 2.63 bits per heavy atom. The maximum absolute atomic E-state index is 11.3. The summed E-state index contributed by atoms with van der Waals surface area (Å²) in [4.78, 5) is 23.6. The fourth-order valence-electron chi connectivity index (χ4n) is 2.21. The van der Waals surface area contributed by atoms with Gasteiger partial charge in [0.25, 0.3) is 5.69 Å². The molecule has 1 aromatic rings. The second-order valence-corrected chi connectivity index (χ2v) is 4.95. The minimum atomic E-state index is -0.757. The number of hydrogen-bond donors (Lipinski definition) is 1. The van der Waals surface area contributed by atoms with Crippen molar-refractivity contribution in [3.8, 4) is 0 Å². The summed E-state index contributed by atoms with van der Waals surface area (Å²) in [5.74, 6) is -0.205. The van der Waals surface area contributed by atoms with E-state index in [4.69, 9.17) is 0 Å². The highest BCUT2D eigenvalue weighted by molar-refractivity contribution is 5.95.